The molecule has 0 aliphatic carbocycles. The van der Waals surface area contributed by atoms with Gasteiger partial charge in [-0.15, -0.1) is 11.3 Å². The topological polar surface area (TPSA) is 19.6 Å². The van der Waals surface area contributed by atoms with Crippen molar-refractivity contribution in [3.05, 3.63) is 186 Å². The second-order valence-corrected chi connectivity index (χ2v) is 18.3. The summed E-state index contributed by atoms with van der Waals surface area (Å²) in [7, 11) is 0. The summed E-state index contributed by atoms with van der Waals surface area (Å²) in [6.45, 7) is 8.93. The number of hydrogen-bond donors (Lipinski definition) is 0. The number of benzene rings is 8. The Balaban J connectivity index is 1.27. The van der Waals surface area contributed by atoms with E-state index in [1.165, 1.54) is 98.7 Å². The van der Waals surface area contributed by atoms with E-state index >= 15 is 0 Å². The van der Waals surface area contributed by atoms with Gasteiger partial charge in [0, 0.05) is 48.4 Å². The van der Waals surface area contributed by atoms with Crippen LogP contribution in [0.5, 0.6) is 0 Å². The largest absolute Gasteiger partial charge is 0.456 e. The maximum Gasteiger partial charge on any atom is 0.343 e. The fraction of sp³-hybridized carbons (Fsp3) is 0.123. The van der Waals surface area contributed by atoms with Crippen LogP contribution in [0.4, 0.5) is 28.4 Å². The van der Waals surface area contributed by atoms with Crippen molar-refractivity contribution in [2.45, 2.75) is 47.0 Å². The van der Waals surface area contributed by atoms with E-state index in [9.17, 15) is 0 Å². The Bertz CT molecular complexity index is 3380. The predicted octanol–water partition coefficient (Wildman–Crippen LogP) is 15.1. The second kappa shape index (κ2) is 14.4. The van der Waals surface area contributed by atoms with Crippen molar-refractivity contribution >= 4 is 88.9 Å². The number of furan rings is 1. The molecule has 0 radical (unpaired) electrons. The summed E-state index contributed by atoms with van der Waals surface area (Å²) in [5.74, 6) is 0. The molecule has 3 nitrogen and oxygen atoms in total. The van der Waals surface area contributed by atoms with Gasteiger partial charge in [0.15, 0.2) is 0 Å². The number of para-hydroxylation sites is 2. The standard InChI is InChI=1S/C57H45BN2OS/c1-5-6-17-38-26-28-47(45(32-38)39-18-9-7-10-19-39)59-48-34-40(52-36(3)30-35(2)31-37(52)4)33-46-42-27-29-50-53(43-22-13-15-24-49(43)61-50)55(42)60(41-20-11-8-12-21-41)58(54(46)48)57-56(59)44-23-14-16-25-51(44)62-57/h7-16,18-34H,5-6,17H2,1-4H3. The number of aryl methyl sites for hydroxylation is 4. The molecule has 2 aromatic heterocycles. The maximum absolute atomic E-state index is 6.68. The quantitative estimate of drug-likeness (QED) is 0.149. The number of anilines is 5. The Morgan fingerprint density at radius 1 is 0.581 bits per heavy atom. The lowest BCUT2D eigenvalue weighted by Gasteiger charge is -2.45. The number of fused-ring (bicyclic) bond motifs is 10. The summed E-state index contributed by atoms with van der Waals surface area (Å²) in [5, 5.41) is 3.56. The molecule has 2 aliphatic heterocycles. The summed E-state index contributed by atoms with van der Waals surface area (Å²) in [5.41, 5.74) is 21.9. The smallest absolute Gasteiger partial charge is 0.343 e. The van der Waals surface area contributed by atoms with Gasteiger partial charge in [0.1, 0.15) is 11.2 Å². The van der Waals surface area contributed by atoms with Gasteiger partial charge in [-0.25, -0.2) is 0 Å². The molecule has 62 heavy (non-hydrogen) atoms. The van der Waals surface area contributed by atoms with Crippen LogP contribution in [0.15, 0.2) is 168 Å². The molecule has 298 valence electrons. The molecule has 10 aromatic rings. The molecular formula is C57H45BN2OS. The molecule has 0 spiro atoms. The zero-order chi connectivity index (χ0) is 41.6. The van der Waals surface area contributed by atoms with Crippen molar-refractivity contribution in [3.8, 4) is 33.4 Å². The van der Waals surface area contributed by atoms with Crippen molar-refractivity contribution in [1.82, 2.24) is 0 Å². The summed E-state index contributed by atoms with van der Waals surface area (Å²) >= 11 is 1.94. The molecule has 0 saturated carbocycles. The Kier molecular flexibility index (Phi) is 8.59. The van der Waals surface area contributed by atoms with Crippen molar-refractivity contribution in [2.75, 3.05) is 9.71 Å². The van der Waals surface area contributed by atoms with Gasteiger partial charge >= 0.3 is 6.85 Å². The Labute approximate surface area is 367 Å². The molecule has 0 saturated heterocycles. The van der Waals surface area contributed by atoms with Crippen LogP contribution in [-0.2, 0) is 6.42 Å². The van der Waals surface area contributed by atoms with Gasteiger partial charge in [-0.05, 0) is 139 Å². The van der Waals surface area contributed by atoms with E-state index in [4.69, 9.17) is 4.42 Å². The fourth-order valence-corrected chi connectivity index (χ4v) is 12.0. The van der Waals surface area contributed by atoms with Gasteiger partial charge in [-0.1, -0.05) is 122 Å². The minimum atomic E-state index is -0.115. The lowest BCUT2D eigenvalue weighted by atomic mass is 9.46. The molecule has 5 heteroatoms. The Morgan fingerprint density at radius 3 is 2.10 bits per heavy atom. The van der Waals surface area contributed by atoms with Gasteiger partial charge in [0.2, 0.25) is 0 Å². The molecule has 12 rings (SSSR count). The van der Waals surface area contributed by atoms with Crippen molar-refractivity contribution in [3.63, 3.8) is 0 Å². The lowest BCUT2D eigenvalue weighted by molar-refractivity contribution is 0.669. The monoisotopic (exact) mass is 816 g/mol. The molecule has 0 bridgehead atoms. The van der Waals surface area contributed by atoms with E-state index in [0.717, 1.165) is 46.9 Å². The first-order chi connectivity index (χ1) is 30.5. The Hall–Kier alpha value is -6.82. The maximum atomic E-state index is 6.68. The highest BCUT2D eigenvalue weighted by Gasteiger charge is 2.48. The van der Waals surface area contributed by atoms with Gasteiger partial charge in [-0.3, -0.25) is 0 Å². The molecular weight excluding hydrogens is 772 g/mol. The summed E-state index contributed by atoms with van der Waals surface area (Å²) in [6.07, 6.45) is 3.39. The van der Waals surface area contributed by atoms with Crippen LogP contribution in [0.1, 0.15) is 42.0 Å². The molecule has 8 aromatic carbocycles. The second-order valence-electron chi connectivity index (χ2n) is 17.2. The zero-order valence-electron chi connectivity index (χ0n) is 35.5. The third-order valence-corrected chi connectivity index (χ3v) is 14.5. The Morgan fingerprint density at radius 2 is 1.31 bits per heavy atom. The van der Waals surface area contributed by atoms with E-state index in [0.29, 0.717) is 0 Å². The minimum Gasteiger partial charge on any atom is -0.456 e. The summed E-state index contributed by atoms with van der Waals surface area (Å²) in [4.78, 5) is 5.29. The highest BCUT2D eigenvalue weighted by molar-refractivity contribution is 7.32. The van der Waals surface area contributed by atoms with Gasteiger partial charge in [0.05, 0.1) is 16.8 Å². The number of hydrogen-bond acceptors (Lipinski definition) is 4. The lowest BCUT2D eigenvalue weighted by Crippen LogP contribution is -2.60. The van der Waals surface area contributed by atoms with Gasteiger partial charge in [0.25, 0.3) is 0 Å². The molecule has 0 unspecified atom stereocenters. The average molecular weight is 817 g/mol. The SMILES string of the molecule is CCCCc1ccc(N2c3cc(-c4c(C)cc(C)cc4C)cc4c3B(c3sc5ccccc5c32)N(c2ccccc2)c2c-4ccc3oc4ccccc4c23)c(-c2ccccc2)c1. The van der Waals surface area contributed by atoms with Crippen LogP contribution in [0, 0.1) is 20.8 Å². The first kappa shape index (κ1) is 37.0. The predicted molar refractivity (Wildman–Crippen MR) is 267 cm³/mol. The minimum absolute atomic E-state index is 0.115. The molecule has 0 fully saturated rings. The zero-order valence-corrected chi connectivity index (χ0v) is 36.3. The van der Waals surface area contributed by atoms with E-state index < -0.39 is 0 Å². The summed E-state index contributed by atoms with van der Waals surface area (Å²) < 4.78 is 9.31. The highest BCUT2D eigenvalue weighted by Crippen LogP contribution is 2.54. The van der Waals surface area contributed by atoms with Crippen LogP contribution < -0.4 is 20.0 Å². The molecule has 2 aliphatic rings. The molecule has 4 heterocycles. The first-order valence-electron chi connectivity index (χ1n) is 22.0. The third kappa shape index (κ3) is 5.57. The number of unbranched alkanes of at least 4 members (excludes halogenated alkanes) is 1. The van der Waals surface area contributed by atoms with Crippen LogP contribution in [0.2, 0.25) is 0 Å². The van der Waals surface area contributed by atoms with Gasteiger partial charge in [-0.2, -0.15) is 0 Å². The van der Waals surface area contributed by atoms with E-state index in [1.54, 1.807) is 0 Å². The average Bonchev–Trinajstić information content (AvgIpc) is 3.88. The van der Waals surface area contributed by atoms with E-state index in [1.807, 2.05) is 11.3 Å². The van der Waals surface area contributed by atoms with E-state index in [-0.39, 0.29) is 6.85 Å². The third-order valence-electron chi connectivity index (χ3n) is 13.3. The van der Waals surface area contributed by atoms with Crippen LogP contribution in [-0.4, -0.2) is 6.85 Å². The summed E-state index contributed by atoms with van der Waals surface area (Å²) in [6, 6.07) is 61.2. The van der Waals surface area contributed by atoms with Crippen LogP contribution in [0.25, 0.3) is 65.4 Å². The van der Waals surface area contributed by atoms with Crippen LogP contribution >= 0.6 is 11.3 Å². The first-order valence-corrected chi connectivity index (χ1v) is 22.8. The van der Waals surface area contributed by atoms with E-state index in [2.05, 4.69) is 201 Å². The highest BCUT2D eigenvalue weighted by atomic mass is 32.1. The van der Waals surface area contributed by atoms with Gasteiger partial charge < -0.3 is 14.1 Å². The number of thiophene rings is 1. The molecule has 0 atom stereocenters. The normalized spacial score (nSPS) is 12.9. The number of rotatable bonds is 7. The molecule has 0 N–H and O–H groups in total. The fourth-order valence-electron chi connectivity index (χ4n) is 10.8. The van der Waals surface area contributed by atoms with Crippen molar-refractivity contribution in [1.29, 1.82) is 0 Å². The molecule has 0 amide bonds. The van der Waals surface area contributed by atoms with Crippen LogP contribution in [0.3, 0.4) is 0 Å². The number of nitrogens with zero attached hydrogens (tertiary/aromatic N) is 2. The van der Waals surface area contributed by atoms with Crippen molar-refractivity contribution in [2.24, 2.45) is 0 Å². The van der Waals surface area contributed by atoms with Crippen molar-refractivity contribution < 1.29 is 4.42 Å².